The molecule has 1 aromatic heterocycles. The number of nitrogens with two attached hydrogens (primary N) is 1. The van der Waals surface area contributed by atoms with Crippen molar-refractivity contribution in [3.63, 3.8) is 0 Å². The molecule has 0 bridgehead atoms. The van der Waals surface area contributed by atoms with E-state index in [1.165, 1.54) is 0 Å². The molecule has 0 aliphatic carbocycles. The molecule has 0 saturated carbocycles. The summed E-state index contributed by atoms with van der Waals surface area (Å²) in [7, 11) is 0. The van der Waals surface area contributed by atoms with Gasteiger partial charge in [-0.1, -0.05) is 23.7 Å². The van der Waals surface area contributed by atoms with Crippen LogP contribution in [0.25, 0.3) is 10.4 Å². The quantitative estimate of drug-likeness (QED) is 0.873. The van der Waals surface area contributed by atoms with E-state index in [0.29, 0.717) is 6.54 Å². The van der Waals surface area contributed by atoms with Crippen LogP contribution in [-0.4, -0.2) is 4.98 Å². The second-order valence-corrected chi connectivity index (χ2v) is 4.86. The van der Waals surface area contributed by atoms with E-state index in [0.717, 1.165) is 26.2 Å². The summed E-state index contributed by atoms with van der Waals surface area (Å²) in [6.45, 7) is 2.46. The van der Waals surface area contributed by atoms with Crippen molar-refractivity contribution in [2.75, 3.05) is 0 Å². The Bertz CT molecular complexity index is 462. The van der Waals surface area contributed by atoms with Gasteiger partial charge in [0.2, 0.25) is 0 Å². The number of hydrogen-bond acceptors (Lipinski definition) is 3. The Balaban J connectivity index is 2.48. The Morgan fingerprint density at radius 3 is 2.60 bits per heavy atom. The van der Waals surface area contributed by atoms with Crippen LogP contribution in [0.2, 0.25) is 5.02 Å². The highest BCUT2D eigenvalue weighted by Gasteiger charge is 2.09. The third-order valence-corrected chi connectivity index (χ3v) is 3.42. The van der Waals surface area contributed by atoms with Crippen LogP contribution in [0.5, 0.6) is 0 Å². The van der Waals surface area contributed by atoms with Crippen molar-refractivity contribution < 1.29 is 0 Å². The molecule has 4 heteroatoms. The lowest BCUT2D eigenvalue weighted by Gasteiger charge is -1.99. The molecule has 2 rings (SSSR count). The summed E-state index contributed by atoms with van der Waals surface area (Å²) in [6, 6.07) is 7.75. The standard InChI is InChI=1S/C11H11ClN2S/c1-7-14-10(6-13)11(15-7)8-2-4-9(12)5-3-8/h2-5H,6,13H2,1H3. The van der Waals surface area contributed by atoms with Crippen molar-refractivity contribution in [1.29, 1.82) is 0 Å². The average molecular weight is 239 g/mol. The Morgan fingerprint density at radius 1 is 1.33 bits per heavy atom. The fourth-order valence-corrected chi connectivity index (χ4v) is 2.51. The first kappa shape index (κ1) is 10.6. The summed E-state index contributed by atoms with van der Waals surface area (Å²) in [5, 5.41) is 1.79. The Labute approximate surface area is 97.7 Å². The summed E-state index contributed by atoms with van der Waals surface area (Å²) in [4.78, 5) is 5.53. The summed E-state index contributed by atoms with van der Waals surface area (Å²) >= 11 is 7.50. The second kappa shape index (κ2) is 4.31. The van der Waals surface area contributed by atoms with E-state index in [4.69, 9.17) is 17.3 Å². The number of nitrogens with zero attached hydrogens (tertiary/aromatic N) is 1. The van der Waals surface area contributed by atoms with E-state index in [2.05, 4.69) is 4.98 Å². The Hall–Kier alpha value is -0.900. The van der Waals surface area contributed by atoms with Gasteiger partial charge < -0.3 is 5.73 Å². The molecule has 0 unspecified atom stereocenters. The smallest absolute Gasteiger partial charge is 0.0904 e. The molecule has 0 spiro atoms. The molecule has 0 aliphatic heterocycles. The SMILES string of the molecule is Cc1nc(CN)c(-c2ccc(Cl)cc2)s1. The van der Waals surface area contributed by atoms with Crippen LogP contribution < -0.4 is 5.73 Å². The minimum Gasteiger partial charge on any atom is -0.325 e. The highest BCUT2D eigenvalue weighted by atomic mass is 35.5. The van der Waals surface area contributed by atoms with Crippen LogP contribution in [0.4, 0.5) is 0 Å². The second-order valence-electron chi connectivity index (χ2n) is 3.22. The molecule has 15 heavy (non-hydrogen) atoms. The van der Waals surface area contributed by atoms with Crippen LogP contribution in [0.3, 0.4) is 0 Å². The zero-order chi connectivity index (χ0) is 10.8. The normalized spacial score (nSPS) is 10.6. The number of benzene rings is 1. The van der Waals surface area contributed by atoms with Crippen LogP contribution >= 0.6 is 22.9 Å². The number of halogens is 1. The summed E-state index contributed by atoms with van der Waals surface area (Å²) < 4.78 is 0. The minimum absolute atomic E-state index is 0.475. The van der Waals surface area contributed by atoms with Gasteiger partial charge in [-0.3, -0.25) is 0 Å². The Morgan fingerprint density at radius 2 is 2.00 bits per heavy atom. The van der Waals surface area contributed by atoms with Crippen LogP contribution in [0.1, 0.15) is 10.7 Å². The van der Waals surface area contributed by atoms with Crippen LogP contribution in [0, 0.1) is 6.92 Å². The third kappa shape index (κ3) is 2.20. The van der Waals surface area contributed by atoms with E-state index < -0.39 is 0 Å². The molecule has 0 amide bonds. The van der Waals surface area contributed by atoms with Crippen LogP contribution in [0.15, 0.2) is 24.3 Å². The van der Waals surface area contributed by atoms with Gasteiger partial charge in [-0.25, -0.2) is 4.98 Å². The number of hydrogen-bond donors (Lipinski definition) is 1. The molecule has 0 radical (unpaired) electrons. The highest BCUT2D eigenvalue weighted by Crippen LogP contribution is 2.30. The van der Waals surface area contributed by atoms with Gasteiger partial charge in [-0.05, 0) is 24.6 Å². The average Bonchev–Trinajstić information content (AvgIpc) is 2.61. The topological polar surface area (TPSA) is 38.9 Å². The lowest BCUT2D eigenvalue weighted by atomic mass is 10.1. The van der Waals surface area contributed by atoms with Gasteiger partial charge >= 0.3 is 0 Å². The monoisotopic (exact) mass is 238 g/mol. The molecule has 0 atom stereocenters. The molecule has 2 nitrogen and oxygen atoms in total. The number of rotatable bonds is 2. The number of aryl methyl sites for hydroxylation is 1. The zero-order valence-electron chi connectivity index (χ0n) is 8.33. The van der Waals surface area contributed by atoms with Gasteiger partial charge in [-0.15, -0.1) is 11.3 Å². The molecular formula is C11H11ClN2S. The largest absolute Gasteiger partial charge is 0.325 e. The van der Waals surface area contributed by atoms with Gasteiger partial charge in [0.25, 0.3) is 0 Å². The molecule has 0 fully saturated rings. The van der Waals surface area contributed by atoms with E-state index >= 15 is 0 Å². The zero-order valence-corrected chi connectivity index (χ0v) is 9.90. The molecule has 0 saturated heterocycles. The lowest BCUT2D eigenvalue weighted by Crippen LogP contribution is -1.98. The van der Waals surface area contributed by atoms with E-state index in [-0.39, 0.29) is 0 Å². The fraction of sp³-hybridized carbons (Fsp3) is 0.182. The number of aromatic nitrogens is 1. The summed E-state index contributed by atoms with van der Waals surface area (Å²) in [5.41, 5.74) is 7.74. The summed E-state index contributed by atoms with van der Waals surface area (Å²) in [6.07, 6.45) is 0. The van der Waals surface area contributed by atoms with Crippen molar-refractivity contribution in [2.45, 2.75) is 13.5 Å². The Kier molecular flexibility index (Phi) is 3.05. The molecule has 0 aliphatic rings. The maximum Gasteiger partial charge on any atom is 0.0904 e. The molecule has 1 aromatic carbocycles. The van der Waals surface area contributed by atoms with Gasteiger partial charge in [0.1, 0.15) is 0 Å². The minimum atomic E-state index is 0.475. The first-order valence-corrected chi connectivity index (χ1v) is 5.82. The molecular weight excluding hydrogens is 228 g/mol. The van der Waals surface area contributed by atoms with Crippen molar-refractivity contribution in [3.8, 4) is 10.4 Å². The number of thiazole rings is 1. The first-order chi connectivity index (χ1) is 7.20. The fourth-order valence-electron chi connectivity index (χ4n) is 1.44. The third-order valence-electron chi connectivity index (χ3n) is 2.10. The van der Waals surface area contributed by atoms with E-state index in [1.807, 2.05) is 31.2 Å². The molecule has 2 aromatic rings. The van der Waals surface area contributed by atoms with E-state index in [9.17, 15) is 0 Å². The van der Waals surface area contributed by atoms with Gasteiger partial charge in [-0.2, -0.15) is 0 Å². The molecule has 1 heterocycles. The molecule has 2 N–H and O–H groups in total. The maximum absolute atomic E-state index is 5.84. The van der Waals surface area contributed by atoms with Gasteiger partial charge in [0.15, 0.2) is 0 Å². The van der Waals surface area contributed by atoms with Gasteiger partial charge in [0.05, 0.1) is 15.6 Å². The van der Waals surface area contributed by atoms with Crippen molar-refractivity contribution >= 4 is 22.9 Å². The van der Waals surface area contributed by atoms with Crippen LogP contribution in [-0.2, 0) is 6.54 Å². The summed E-state index contributed by atoms with van der Waals surface area (Å²) in [5.74, 6) is 0. The maximum atomic E-state index is 5.84. The predicted molar refractivity (Wildman–Crippen MR) is 65.2 cm³/mol. The highest BCUT2D eigenvalue weighted by molar-refractivity contribution is 7.15. The van der Waals surface area contributed by atoms with Crippen molar-refractivity contribution in [3.05, 3.63) is 40.0 Å². The first-order valence-electron chi connectivity index (χ1n) is 4.63. The molecule has 78 valence electrons. The van der Waals surface area contributed by atoms with E-state index in [1.54, 1.807) is 11.3 Å². The predicted octanol–water partition coefficient (Wildman–Crippen LogP) is 3.23. The lowest BCUT2D eigenvalue weighted by molar-refractivity contribution is 1.00. The van der Waals surface area contributed by atoms with Crippen molar-refractivity contribution in [2.24, 2.45) is 5.73 Å². The van der Waals surface area contributed by atoms with Crippen molar-refractivity contribution in [1.82, 2.24) is 4.98 Å². The van der Waals surface area contributed by atoms with Gasteiger partial charge in [0, 0.05) is 11.6 Å².